The van der Waals surface area contributed by atoms with Crippen molar-refractivity contribution in [2.45, 2.75) is 13.8 Å². The third-order valence-electron chi connectivity index (χ3n) is 2.94. The number of hydrogen-bond acceptors (Lipinski definition) is 4. The zero-order valence-electron chi connectivity index (χ0n) is 11.0. The number of fused-ring (bicyclic) bond motifs is 1. The van der Waals surface area contributed by atoms with Crippen LogP contribution in [-0.4, -0.2) is 31.0 Å². The predicted octanol–water partition coefficient (Wildman–Crippen LogP) is 2.33. The van der Waals surface area contributed by atoms with E-state index in [4.69, 9.17) is 5.11 Å². The Morgan fingerprint density at radius 3 is 2.70 bits per heavy atom. The average molecular weight is 268 g/mol. The lowest BCUT2D eigenvalue weighted by molar-refractivity contribution is 0.0683. The zero-order chi connectivity index (χ0) is 14.3. The van der Waals surface area contributed by atoms with E-state index in [9.17, 15) is 4.79 Å². The Morgan fingerprint density at radius 1 is 1.15 bits per heavy atom. The molecule has 2 N–H and O–H groups in total. The van der Waals surface area contributed by atoms with Gasteiger partial charge < -0.3 is 10.1 Å². The number of imidazole rings is 1. The van der Waals surface area contributed by atoms with Gasteiger partial charge in [-0.25, -0.2) is 19.7 Å². The number of carboxylic acid groups (broad SMARTS) is 1. The van der Waals surface area contributed by atoms with Gasteiger partial charge in [-0.2, -0.15) is 0 Å². The molecule has 6 heteroatoms. The van der Waals surface area contributed by atoms with Crippen molar-refractivity contribution in [2.24, 2.45) is 0 Å². The first-order valence-corrected chi connectivity index (χ1v) is 6.08. The molecule has 0 bridgehead atoms. The smallest absolute Gasteiger partial charge is 0.373 e. The molecule has 0 aliphatic heterocycles. The second-order valence-corrected chi connectivity index (χ2v) is 4.58. The minimum Gasteiger partial charge on any atom is -0.475 e. The fourth-order valence-corrected chi connectivity index (χ4v) is 2.11. The quantitative estimate of drug-likeness (QED) is 0.744. The molecule has 0 atom stereocenters. The standard InChI is InChI=1S/C14H12N4O2/c1-7-5-11(18-13(15-7)14(19)20)9-3-4-10-12(6-9)17-8(2)16-10/h3-6H,1-2H3,(H,16,17)(H,19,20). The first-order chi connectivity index (χ1) is 9.52. The number of H-pyrrole nitrogens is 1. The van der Waals surface area contributed by atoms with Gasteiger partial charge in [-0.15, -0.1) is 0 Å². The van der Waals surface area contributed by atoms with Crippen molar-refractivity contribution in [1.29, 1.82) is 0 Å². The number of nitrogens with one attached hydrogen (secondary N) is 1. The lowest BCUT2D eigenvalue weighted by Gasteiger charge is -2.03. The minimum atomic E-state index is -1.13. The molecule has 3 aromatic rings. The highest BCUT2D eigenvalue weighted by Crippen LogP contribution is 2.22. The summed E-state index contributed by atoms with van der Waals surface area (Å²) in [6.45, 7) is 3.63. The van der Waals surface area contributed by atoms with Crippen LogP contribution in [0.4, 0.5) is 0 Å². The van der Waals surface area contributed by atoms with Gasteiger partial charge in [-0.3, -0.25) is 0 Å². The highest BCUT2D eigenvalue weighted by Gasteiger charge is 2.11. The number of carboxylic acids is 1. The molecule has 0 amide bonds. The average Bonchev–Trinajstić information content (AvgIpc) is 2.76. The van der Waals surface area contributed by atoms with E-state index in [0.29, 0.717) is 11.4 Å². The number of rotatable bonds is 2. The van der Waals surface area contributed by atoms with Crippen LogP contribution in [0, 0.1) is 13.8 Å². The van der Waals surface area contributed by atoms with Crippen molar-refractivity contribution in [3.05, 3.63) is 41.6 Å². The van der Waals surface area contributed by atoms with E-state index in [0.717, 1.165) is 22.4 Å². The van der Waals surface area contributed by atoms with E-state index in [2.05, 4.69) is 19.9 Å². The molecule has 0 fully saturated rings. The fourth-order valence-electron chi connectivity index (χ4n) is 2.11. The van der Waals surface area contributed by atoms with Crippen LogP contribution in [-0.2, 0) is 0 Å². The number of hydrogen-bond donors (Lipinski definition) is 2. The summed E-state index contributed by atoms with van der Waals surface area (Å²) in [5.74, 6) is -0.489. The summed E-state index contributed by atoms with van der Waals surface area (Å²) in [4.78, 5) is 26.5. The Hall–Kier alpha value is -2.76. The molecular weight excluding hydrogens is 256 g/mol. The molecular formula is C14H12N4O2. The molecule has 2 aromatic heterocycles. The second-order valence-electron chi connectivity index (χ2n) is 4.58. The second kappa shape index (κ2) is 4.41. The van der Waals surface area contributed by atoms with Crippen molar-refractivity contribution in [3.63, 3.8) is 0 Å². The number of carbonyl (C=O) groups is 1. The van der Waals surface area contributed by atoms with E-state index in [-0.39, 0.29) is 5.82 Å². The van der Waals surface area contributed by atoms with Crippen LogP contribution in [0.2, 0.25) is 0 Å². The number of nitrogens with zero attached hydrogens (tertiary/aromatic N) is 3. The van der Waals surface area contributed by atoms with Gasteiger partial charge in [0.2, 0.25) is 5.82 Å². The maximum Gasteiger partial charge on any atom is 0.373 e. The predicted molar refractivity (Wildman–Crippen MR) is 73.6 cm³/mol. The zero-order valence-corrected chi connectivity index (χ0v) is 11.0. The lowest BCUT2D eigenvalue weighted by atomic mass is 10.1. The van der Waals surface area contributed by atoms with Crippen molar-refractivity contribution in [2.75, 3.05) is 0 Å². The van der Waals surface area contributed by atoms with Crippen LogP contribution in [0.1, 0.15) is 22.1 Å². The molecule has 2 heterocycles. The summed E-state index contributed by atoms with van der Waals surface area (Å²) in [6.07, 6.45) is 0. The maximum absolute atomic E-state index is 11.0. The summed E-state index contributed by atoms with van der Waals surface area (Å²) >= 11 is 0. The number of aromatic carboxylic acids is 1. The Labute approximate surface area is 114 Å². The normalized spacial score (nSPS) is 10.9. The van der Waals surface area contributed by atoms with Crippen LogP contribution in [0.25, 0.3) is 22.3 Å². The van der Waals surface area contributed by atoms with Crippen molar-refractivity contribution in [1.82, 2.24) is 19.9 Å². The van der Waals surface area contributed by atoms with E-state index in [1.54, 1.807) is 13.0 Å². The topological polar surface area (TPSA) is 91.8 Å². The molecule has 100 valence electrons. The van der Waals surface area contributed by atoms with Gasteiger partial charge in [0, 0.05) is 11.3 Å². The summed E-state index contributed by atoms with van der Waals surface area (Å²) in [5, 5.41) is 9.01. The Balaban J connectivity index is 2.16. The Bertz CT molecular complexity index is 823. The first kappa shape index (κ1) is 12.3. The fraction of sp³-hybridized carbons (Fsp3) is 0.143. The number of benzene rings is 1. The van der Waals surface area contributed by atoms with E-state index in [1.165, 1.54) is 0 Å². The number of aromatic nitrogens is 4. The first-order valence-electron chi connectivity index (χ1n) is 6.08. The molecule has 0 saturated heterocycles. The van der Waals surface area contributed by atoms with Crippen molar-refractivity contribution in [3.8, 4) is 11.3 Å². The summed E-state index contributed by atoms with van der Waals surface area (Å²) < 4.78 is 0. The van der Waals surface area contributed by atoms with Gasteiger partial charge in [0.15, 0.2) is 0 Å². The molecule has 0 saturated carbocycles. The minimum absolute atomic E-state index is 0.194. The Kier molecular flexibility index (Phi) is 2.71. The van der Waals surface area contributed by atoms with Crippen molar-refractivity contribution >= 4 is 17.0 Å². The van der Waals surface area contributed by atoms with E-state index >= 15 is 0 Å². The molecule has 0 spiro atoms. The van der Waals surface area contributed by atoms with Gasteiger partial charge in [-0.05, 0) is 32.0 Å². The molecule has 6 nitrogen and oxygen atoms in total. The molecule has 0 aliphatic carbocycles. The highest BCUT2D eigenvalue weighted by atomic mass is 16.4. The molecule has 0 unspecified atom stereocenters. The largest absolute Gasteiger partial charge is 0.475 e. The molecule has 1 aromatic carbocycles. The van der Waals surface area contributed by atoms with Gasteiger partial charge in [-0.1, -0.05) is 6.07 Å². The van der Waals surface area contributed by atoms with Crippen LogP contribution in [0.15, 0.2) is 24.3 Å². The molecule has 20 heavy (non-hydrogen) atoms. The van der Waals surface area contributed by atoms with Gasteiger partial charge in [0.25, 0.3) is 0 Å². The SMILES string of the molecule is Cc1cc(-c2ccc3nc(C)[nH]c3c2)nc(C(=O)O)n1. The van der Waals surface area contributed by atoms with Crippen LogP contribution < -0.4 is 0 Å². The summed E-state index contributed by atoms with van der Waals surface area (Å²) in [5.41, 5.74) is 3.80. The lowest BCUT2D eigenvalue weighted by Crippen LogP contribution is -2.06. The van der Waals surface area contributed by atoms with Gasteiger partial charge >= 0.3 is 5.97 Å². The van der Waals surface area contributed by atoms with Crippen molar-refractivity contribution < 1.29 is 9.90 Å². The molecule has 0 radical (unpaired) electrons. The van der Waals surface area contributed by atoms with Crippen LogP contribution >= 0.6 is 0 Å². The summed E-state index contributed by atoms with van der Waals surface area (Å²) in [6, 6.07) is 7.42. The third-order valence-corrected chi connectivity index (χ3v) is 2.94. The monoisotopic (exact) mass is 268 g/mol. The van der Waals surface area contributed by atoms with Crippen LogP contribution in [0.5, 0.6) is 0 Å². The highest BCUT2D eigenvalue weighted by molar-refractivity contribution is 5.85. The summed E-state index contributed by atoms with van der Waals surface area (Å²) in [7, 11) is 0. The number of aromatic amines is 1. The Morgan fingerprint density at radius 2 is 1.95 bits per heavy atom. The van der Waals surface area contributed by atoms with Gasteiger partial charge in [0.1, 0.15) is 5.82 Å². The van der Waals surface area contributed by atoms with Gasteiger partial charge in [0.05, 0.1) is 16.7 Å². The molecule has 0 aliphatic rings. The maximum atomic E-state index is 11.0. The number of aryl methyl sites for hydroxylation is 2. The third kappa shape index (κ3) is 2.11. The van der Waals surface area contributed by atoms with E-state index < -0.39 is 5.97 Å². The molecule has 3 rings (SSSR count). The van der Waals surface area contributed by atoms with Crippen LogP contribution in [0.3, 0.4) is 0 Å². The van der Waals surface area contributed by atoms with E-state index in [1.807, 2.05) is 25.1 Å².